The topological polar surface area (TPSA) is 155 Å². The van der Waals surface area contributed by atoms with Crippen LogP contribution in [0.4, 0.5) is 17.2 Å². The molecule has 0 saturated heterocycles. The summed E-state index contributed by atoms with van der Waals surface area (Å²) in [4.78, 5) is 35.4. The Balaban J connectivity index is 1.70. The molecule has 0 bridgehead atoms. The van der Waals surface area contributed by atoms with Crippen LogP contribution in [0.15, 0.2) is 18.6 Å². The minimum absolute atomic E-state index is 0.0464. The highest BCUT2D eigenvalue weighted by atomic mass is 35.5. The van der Waals surface area contributed by atoms with E-state index < -0.39 is 22.6 Å². The van der Waals surface area contributed by atoms with E-state index in [1.165, 1.54) is 28.0 Å². The van der Waals surface area contributed by atoms with Crippen LogP contribution in [-0.2, 0) is 24.9 Å². The van der Waals surface area contributed by atoms with Gasteiger partial charge in [-0.05, 0) is 18.8 Å². The van der Waals surface area contributed by atoms with E-state index in [-0.39, 0.29) is 29.4 Å². The molecule has 3 aromatic heterocycles. The second kappa shape index (κ2) is 8.95. The predicted octanol–water partition coefficient (Wildman–Crippen LogP) is 1.98. The van der Waals surface area contributed by atoms with E-state index in [9.17, 15) is 19.7 Å². The van der Waals surface area contributed by atoms with Crippen LogP contribution in [0.5, 0.6) is 0 Å². The summed E-state index contributed by atoms with van der Waals surface area (Å²) in [6, 6.07) is 0. The molecule has 0 unspecified atom stereocenters. The fraction of sp³-hybridized carbons (Fsp3) is 0.353. The van der Waals surface area contributed by atoms with Crippen LogP contribution in [0.3, 0.4) is 0 Å². The molecule has 3 rings (SSSR count). The zero-order chi connectivity index (χ0) is 22.7. The molecule has 0 fully saturated rings. The second-order valence-electron chi connectivity index (χ2n) is 6.56. The number of rotatable bonds is 8. The van der Waals surface area contributed by atoms with Gasteiger partial charge in [0, 0.05) is 20.0 Å². The lowest BCUT2D eigenvalue weighted by atomic mass is 10.3. The number of amides is 2. The van der Waals surface area contributed by atoms with Crippen molar-refractivity contribution in [3.05, 3.63) is 45.1 Å². The van der Waals surface area contributed by atoms with Gasteiger partial charge in [0.25, 0.3) is 5.91 Å². The molecule has 0 aromatic carbocycles. The molecule has 0 spiro atoms. The number of hydrogen-bond acceptors (Lipinski definition) is 7. The Morgan fingerprint density at radius 2 is 1.94 bits per heavy atom. The van der Waals surface area contributed by atoms with Crippen molar-refractivity contribution in [2.75, 3.05) is 10.6 Å². The van der Waals surface area contributed by atoms with E-state index in [0.29, 0.717) is 12.2 Å². The summed E-state index contributed by atoms with van der Waals surface area (Å²) in [6.07, 6.45) is 4.15. The van der Waals surface area contributed by atoms with Crippen molar-refractivity contribution in [3.8, 4) is 0 Å². The predicted molar refractivity (Wildman–Crippen MR) is 111 cm³/mol. The third-order valence-electron chi connectivity index (χ3n) is 4.55. The van der Waals surface area contributed by atoms with Crippen molar-refractivity contribution in [3.63, 3.8) is 0 Å². The van der Waals surface area contributed by atoms with Gasteiger partial charge >= 0.3 is 5.82 Å². The van der Waals surface area contributed by atoms with Gasteiger partial charge in [-0.2, -0.15) is 14.9 Å². The molecule has 3 heterocycles. The molecule has 14 heteroatoms. The first-order chi connectivity index (χ1) is 14.7. The Hall–Kier alpha value is -3.74. The standard InChI is InChI=1S/C17H20ClN9O4/c1-4-26-15(17(29)22-12-7-19-24(3)10(12)2)13(8-20-26)21-14(28)5-6-25-9-11(18)16(23-25)27(30)31/h7-9H,4-6H2,1-3H3,(H,21,28)(H,22,29). The van der Waals surface area contributed by atoms with Gasteiger partial charge in [0.1, 0.15) is 5.69 Å². The number of nitrogens with zero attached hydrogens (tertiary/aromatic N) is 7. The van der Waals surface area contributed by atoms with Gasteiger partial charge in [0.05, 0.1) is 47.3 Å². The number of hydrogen-bond donors (Lipinski definition) is 2. The van der Waals surface area contributed by atoms with Crippen LogP contribution in [-0.4, -0.2) is 46.1 Å². The van der Waals surface area contributed by atoms with E-state index in [2.05, 4.69) is 25.9 Å². The van der Waals surface area contributed by atoms with Crippen molar-refractivity contribution in [1.82, 2.24) is 29.3 Å². The molecular weight excluding hydrogens is 430 g/mol. The van der Waals surface area contributed by atoms with Gasteiger partial charge in [-0.25, -0.2) is 0 Å². The smallest absolute Gasteiger partial charge is 0.358 e. The van der Waals surface area contributed by atoms with Crippen molar-refractivity contribution in [2.24, 2.45) is 7.05 Å². The summed E-state index contributed by atoms with van der Waals surface area (Å²) in [5.41, 5.74) is 1.76. The van der Waals surface area contributed by atoms with E-state index in [1.54, 1.807) is 11.7 Å². The Labute approximate surface area is 181 Å². The monoisotopic (exact) mass is 449 g/mol. The van der Waals surface area contributed by atoms with Gasteiger partial charge in [-0.3, -0.25) is 19.0 Å². The molecule has 0 saturated carbocycles. The molecule has 164 valence electrons. The molecule has 0 aliphatic rings. The molecule has 2 amide bonds. The first-order valence-electron chi connectivity index (χ1n) is 9.24. The zero-order valence-electron chi connectivity index (χ0n) is 17.0. The lowest BCUT2D eigenvalue weighted by molar-refractivity contribution is -0.389. The minimum atomic E-state index is -0.701. The van der Waals surface area contributed by atoms with Crippen LogP contribution < -0.4 is 10.6 Å². The fourth-order valence-electron chi connectivity index (χ4n) is 2.81. The van der Waals surface area contributed by atoms with Gasteiger partial charge in [0.15, 0.2) is 5.02 Å². The molecule has 0 radical (unpaired) electrons. The van der Waals surface area contributed by atoms with Crippen LogP contribution in [0, 0.1) is 17.0 Å². The van der Waals surface area contributed by atoms with Crippen LogP contribution >= 0.6 is 11.6 Å². The lowest BCUT2D eigenvalue weighted by Gasteiger charge is -2.10. The summed E-state index contributed by atoms with van der Waals surface area (Å²) < 4.78 is 4.31. The average Bonchev–Trinajstić information content (AvgIpc) is 3.39. The van der Waals surface area contributed by atoms with Crippen LogP contribution in [0.2, 0.25) is 5.02 Å². The highest BCUT2D eigenvalue weighted by Crippen LogP contribution is 2.22. The molecule has 3 aromatic rings. The maximum Gasteiger partial charge on any atom is 0.408 e. The van der Waals surface area contributed by atoms with E-state index in [4.69, 9.17) is 11.6 Å². The Morgan fingerprint density at radius 1 is 1.23 bits per heavy atom. The van der Waals surface area contributed by atoms with Crippen LogP contribution in [0.25, 0.3) is 0 Å². The highest BCUT2D eigenvalue weighted by Gasteiger charge is 2.22. The van der Waals surface area contributed by atoms with E-state index in [0.717, 1.165) is 5.69 Å². The molecule has 2 N–H and O–H groups in total. The maximum atomic E-state index is 12.8. The van der Waals surface area contributed by atoms with Gasteiger partial charge in [0.2, 0.25) is 5.91 Å². The van der Waals surface area contributed by atoms with Crippen molar-refractivity contribution < 1.29 is 14.5 Å². The Morgan fingerprint density at radius 3 is 2.52 bits per heavy atom. The number of carbonyl (C=O) groups is 2. The number of carbonyl (C=O) groups excluding carboxylic acids is 2. The van der Waals surface area contributed by atoms with E-state index in [1.807, 2.05) is 13.8 Å². The zero-order valence-corrected chi connectivity index (χ0v) is 17.8. The SMILES string of the molecule is CCn1ncc(NC(=O)CCn2cc(Cl)c([N+](=O)[O-])n2)c1C(=O)Nc1cnn(C)c1C. The second-order valence-corrected chi connectivity index (χ2v) is 6.97. The largest absolute Gasteiger partial charge is 0.408 e. The highest BCUT2D eigenvalue weighted by molar-refractivity contribution is 6.32. The molecule has 13 nitrogen and oxygen atoms in total. The van der Waals surface area contributed by atoms with Crippen molar-refractivity contribution in [2.45, 2.75) is 33.4 Å². The summed E-state index contributed by atoms with van der Waals surface area (Å²) in [7, 11) is 1.76. The van der Waals surface area contributed by atoms with Gasteiger partial charge in [-0.15, -0.1) is 0 Å². The summed E-state index contributed by atoms with van der Waals surface area (Å²) in [6.45, 7) is 4.12. The third-order valence-corrected chi connectivity index (χ3v) is 4.82. The molecule has 31 heavy (non-hydrogen) atoms. The molecule has 0 aliphatic carbocycles. The summed E-state index contributed by atoms with van der Waals surface area (Å²) >= 11 is 5.75. The van der Waals surface area contributed by atoms with E-state index >= 15 is 0 Å². The molecule has 0 atom stereocenters. The average molecular weight is 450 g/mol. The third kappa shape index (κ3) is 4.71. The number of nitro groups is 1. The fourth-order valence-corrected chi connectivity index (χ4v) is 3.03. The van der Waals surface area contributed by atoms with Crippen LogP contribution in [0.1, 0.15) is 29.5 Å². The Bertz CT molecular complexity index is 1150. The number of halogens is 1. The quantitative estimate of drug-likeness (QED) is 0.393. The Kier molecular flexibility index (Phi) is 6.34. The minimum Gasteiger partial charge on any atom is -0.358 e. The number of aryl methyl sites for hydroxylation is 3. The lowest BCUT2D eigenvalue weighted by Crippen LogP contribution is -2.21. The number of nitrogens with one attached hydrogen (secondary N) is 2. The number of aromatic nitrogens is 6. The normalized spacial score (nSPS) is 10.8. The van der Waals surface area contributed by atoms with Gasteiger partial charge < -0.3 is 20.7 Å². The maximum absolute atomic E-state index is 12.8. The van der Waals surface area contributed by atoms with Crippen molar-refractivity contribution in [1.29, 1.82) is 0 Å². The summed E-state index contributed by atoms with van der Waals surface area (Å²) in [5, 5.41) is 28.1. The van der Waals surface area contributed by atoms with Gasteiger partial charge in [-0.1, -0.05) is 11.6 Å². The molecular formula is C17H20ClN9O4. The molecule has 0 aliphatic heterocycles. The van der Waals surface area contributed by atoms with Crippen molar-refractivity contribution >= 4 is 40.6 Å². The number of anilines is 2. The first kappa shape index (κ1) is 22.0. The first-order valence-corrected chi connectivity index (χ1v) is 9.62. The summed E-state index contributed by atoms with van der Waals surface area (Å²) in [5.74, 6) is -1.34.